The average molecular weight is 554 g/mol. The summed E-state index contributed by atoms with van der Waals surface area (Å²) in [6.45, 7) is 3.97. The van der Waals surface area contributed by atoms with E-state index in [4.69, 9.17) is 11.6 Å². The van der Waals surface area contributed by atoms with E-state index in [1.807, 2.05) is 29.5 Å². The lowest BCUT2D eigenvalue weighted by Crippen LogP contribution is -2.49. The van der Waals surface area contributed by atoms with Crippen molar-refractivity contribution in [2.45, 2.75) is 18.2 Å². The molecule has 9 nitrogen and oxygen atoms in total. The molecule has 1 aliphatic heterocycles. The van der Waals surface area contributed by atoms with Crippen LogP contribution in [0.5, 0.6) is 0 Å². The minimum absolute atomic E-state index is 0.0767. The Morgan fingerprint density at radius 1 is 1.00 bits per heavy atom. The fourth-order valence-electron chi connectivity index (χ4n) is 4.87. The standard InChI is InChI=1S/C27H28ClN5O4S/c1-18-26(27(35)29-2)30-23-4-3-5-24(33(18)23)31-11-13-32(14-12-31)25(34)10-15-38(36,37)22-9-7-19-16-21(28)8-6-20(19)17-22/h3-9,16-17H,10-15H2,1-2H3,(H,29,35). The number of carbonyl (C=O) groups is 2. The van der Waals surface area contributed by atoms with Gasteiger partial charge in [0.1, 0.15) is 17.2 Å². The summed E-state index contributed by atoms with van der Waals surface area (Å²) in [5, 5.41) is 4.85. The highest BCUT2D eigenvalue weighted by molar-refractivity contribution is 7.91. The van der Waals surface area contributed by atoms with Crippen LogP contribution in [-0.2, 0) is 14.6 Å². The van der Waals surface area contributed by atoms with E-state index < -0.39 is 9.84 Å². The van der Waals surface area contributed by atoms with Gasteiger partial charge in [0.15, 0.2) is 9.84 Å². The van der Waals surface area contributed by atoms with Gasteiger partial charge in [-0.15, -0.1) is 0 Å². The highest BCUT2D eigenvalue weighted by Gasteiger charge is 2.26. The number of imidazole rings is 1. The molecule has 2 aromatic carbocycles. The number of piperazine rings is 1. The summed E-state index contributed by atoms with van der Waals surface area (Å²) in [5.41, 5.74) is 1.81. The van der Waals surface area contributed by atoms with Crippen LogP contribution in [0.1, 0.15) is 22.6 Å². The Kier molecular flexibility index (Phi) is 7.02. The molecule has 2 amide bonds. The molecule has 11 heteroatoms. The molecule has 0 atom stereocenters. The minimum Gasteiger partial charge on any atom is -0.354 e. The third-order valence-electron chi connectivity index (χ3n) is 6.97. The number of hydrogen-bond donors (Lipinski definition) is 1. The van der Waals surface area contributed by atoms with E-state index in [0.717, 1.165) is 22.3 Å². The first-order valence-corrected chi connectivity index (χ1v) is 14.4. The van der Waals surface area contributed by atoms with Crippen molar-refractivity contribution in [2.24, 2.45) is 0 Å². The monoisotopic (exact) mass is 553 g/mol. The molecule has 4 aromatic rings. The molecular formula is C27H28ClN5O4S. The van der Waals surface area contributed by atoms with Crippen molar-refractivity contribution >= 4 is 55.5 Å². The molecule has 1 N–H and O–H groups in total. The second-order valence-corrected chi connectivity index (χ2v) is 11.8. The van der Waals surface area contributed by atoms with Crippen molar-refractivity contribution in [1.29, 1.82) is 0 Å². The summed E-state index contributed by atoms with van der Waals surface area (Å²) in [7, 11) is -2.04. The van der Waals surface area contributed by atoms with Gasteiger partial charge in [0.2, 0.25) is 5.91 Å². The molecule has 38 heavy (non-hydrogen) atoms. The van der Waals surface area contributed by atoms with Crippen molar-refractivity contribution in [3.8, 4) is 0 Å². The largest absolute Gasteiger partial charge is 0.354 e. The van der Waals surface area contributed by atoms with Gasteiger partial charge in [0.25, 0.3) is 5.91 Å². The zero-order chi connectivity index (χ0) is 27.0. The maximum absolute atomic E-state index is 13.0. The number of fused-ring (bicyclic) bond motifs is 2. The predicted octanol–water partition coefficient (Wildman–Crippen LogP) is 3.32. The molecule has 0 spiro atoms. The fraction of sp³-hybridized carbons (Fsp3) is 0.296. The van der Waals surface area contributed by atoms with Crippen LogP contribution in [0.25, 0.3) is 16.4 Å². The first-order valence-electron chi connectivity index (χ1n) is 12.3. The summed E-state index contributed by atoms with van der Waals surface area (Å²) in [6, 6.07) is 15.9. The average Bonchev–Trinajstić information content (AvgIpc) is 3.27. The number of sulfone groups is 1. The number of hydrogen-bond acceptors (Lipinski definition) is 6. The van der Waals surface area contributed by atoms with Crippen LogP contribution < -0.4 is 10.2 Å². The van der Waals surface area contributed by atoms with Crippen LogP contribution in [0.2, 0.25) is 5.02 Å². The Balaban J connectivity index is 1.23. The summed E-state index contributed by atoms with van der Waals surface area (Å²) >= 11 is 6.02. The number of amides is 2. The van der Waals surface area contributed by atoms with E-state index >= 15 is 0 Å². The van der Waals surface area contributed by atoms with Crippen LogP contribution in [-0.4, -0.2) is 73.5 Å². The van der Waals surface area contributed by atoms with E-state index in [1.54, 1.807) is 48.3 Å². The summed E-state index contributed by atoms with van der Waals surface area (Å²) in [4.78, 5) is 33.7. The van der Waals surface area contributed by atoms with Crippen molar-refractivity contribution in [2.75, 3.05) is 43.9 Å². The number of nitrogens with zero attached hydrogens (tertiary/aromatic N) is 4. The van der Waals surface area contributed by atoms with Crippen LogP contribution >= 0.6 is 11.6 Å². The quantitative estimate of drug-likeness (QED) is 0.393. The first-order chi connectivity index (χ1) is 18.2. The Morgan fingerprint density at radius 3 is 2.45 bits per heavy atom. The summed E-state index contributed by atoms with van der Waals surface area (Å²) < 4.78 is 27.9. The third kappa shape index (κ3) is 4.93. The number of pyridine rings is 1. The summed E-state index contributed by atoms with van der Waals surface area (Å²) in [6.07, 6.45) is -0.0767. The molecule has 5 rings (SSSR count). The number of aromatic nitrogens is 2. The number of anilines is 1. The number of carbonyl (C=O) groups excluding carboxylic acids is 2. The Morgan fingerprint density at radius 2 is 1.71 bits per heavy atom. The van der Waals surface area contributed by atoms with E-state index in [-0.39, 0.29) is 28.9 Å². The summed E-state index contributed by atoms with van der Waals surface area (Å²) in [5.74, 6) is 0.228. The maximum atomic E-state index is 13.0. The Bertz CT molecular complexity index is 1660. The lowest BCUT2D eigenvalue weighted by Gasteiger charge is -2.36. The second kappa shape index (κ2) is 10.3. The fourth-order valence-corrected chi connectivity index (χ4v) is 6.31. The van der Waals surface area contributed by atoms with Gasteiger partial charge in [-0.2, -0.15) is 0 Å². The molecule has 3 heterocycles. The lowest BCUT2D eigenvalue weighted by atomic mass is 10.1. The molecule has 1 aliphatic rings. The van der Waals surface area contributed by atoms with Gasteiger partial charge in [-0.05, 0) is 54.1 Å². The Labute approximate surface area is 225 Å². The third-order valence-corrected chi connectivity index (χ3v) is 8.92. The minimum atomic E-state index is -3.62. The first kappa shape index (κ1) is 26.0. The second-order valence-electron chi connectivity index (χ2n) is 9.29. The van der Waals surface area contributed by atoms with Crippen LogP contribution in [0.15, 0.2) is 59.5 Å². The van der Waals surface area contributed by atoms with Gasteiger partial charge in [-0.25, -0.2) is 13.4 Å². The molecule has 1 fully saturated rings. The Hall–Kier alpha value is -3.63. The molecule has 0 unspecified atom stereocenters. The van der Waals surface area contributed by atoms with Gasteiger partial charge in [0.05, 0.1) is 16.3 Å². The van der Waals surface area contributed by atoms with Gasteiger partial charge in [-0.3, -0.25) is 14.0 Å². The number of rotatable bonds is 6. The van der Waals surface area contributed by atoms with Crippen molar-refractivity contribution in [3.63, 3.8) is 0 Å². The number of halogens is 1. The lowest BCUT2D eigenvalue weighted by molar-refractivity contribution is -0.131. The van der Waals surface area contributed by atoms with Crippen LogP contribution in [0.4, 0.5) is 5.82 Å². The van der Waals surface area contributed by atoms with Crippen LogP contribution in [0.3, 0.4) is 0 Å². The zero-order valence-corrected chi connectivity index (χ0v) is 22.7. The predicted molar refractivity (Wildman–Crippen MR) is 148 cm³/mol. The molecule has 198 valence electrons. The highest BCUT2D eigenvalue weighted by Crippen LogP contribution is 2.25. The van der Waals surface area contributed by atoms with E-state index in [0.29, 0.717) is 42.5 Å². The van der Waals surface area contributed by atoms with E-state index in [9.17, 15) is 18.0 Å². The highest BCUT2D eigenvalue weighted by atomic mass is 35.5. The van der Waals surface area contributed by atoms with E-state index in [2.05, 4.69) is 15.2 Å². The number of benzene rings is 2. The molecule has 0 aliphatic carbocycles. The maximum Gasteiger partial charge on any atom is 0.271 e. The molecule has 0 saturated carbocycles. The van der Waals surface area contributed by atoms with Gasteiger partial charge < -0.3 is 15.1 Å². The SMILES string of the molecule is CNC(=O)c1nc2cccc(N3CCN(C(=O)CCS(=O)(=O)c4ccc5cc(Cl)ccc5c4)CC3)n2c1C. The van der Waals surface area contributed by atoms with Gasteiger partial charge in [0, 0.05) is 44.7 Å². The number of aryl methyl sites for hydroxylation is 1. The van der Waals surface area contributed by atoms with Crippen molar-refractivity contribution < 1.29 is 18.0 Å². The molecule has 2 aromatic heterocycles. The van der Waals surface area contributed by atoms with Crippen LogP contribution in [0, 0.1) is 6.92 Å². The number of nitrogens with one attached hydrogen (secondary N) is 1. The topological polar surface area (TPSA) is 104 Å². The van der Waals surface area contributed by atoms with Gasteiger partial charge >= 0.3 is 0 Å². The van der Waals surface area contributed by atoms with E-state index in [1.165, 1.54) is 0 Å². The van der Waals surface area contributed by atoms with Gasteiger partial charge in [-0.1, -0.05) is 29.8 Å². The zero-order valence-electron chi connectivity index (χ0n) is 21.1. The molecule has 1 saturated heterocycles. The molecule has 0 radical (unpaired) electrons. The molecule has 0 bridgehead atoms. The smallest absolute Gasteiger partial charge is 0.271 e. The van der Waals surface area contributed by atoms with Crippen molar-refractivity contribution in [3.05, 3.63) is 71.0 Å². The van der Waals surface area contributed by atoms with Crippen molar-refractivity contribution in [1.82, 2.24) is 19.6 Å². The molecular weight excluding hydrogens is 526 g/mol. The normalized spacial score (nSPS) is 14.3.